The summed E-state index contributed by atoms with van der Waals surface area (Å²) in [6.45, 7) is 7.49. The van der Waals surface area contributed by atoms with Crippen LogP contribution in [-0.2, 0) is 9.84 Å². The Morgan fingerprint density at radius 1 is 1.25 bits per heavy atom. The molecule has 0 rings (SSSR count). The van der Waals surface area contributed by atoms with Crippen LogP contribution in [0, 0.1) is 5.41 Å². The van der Waals surface area contributed by atoms with E-state index in [-0.39, 0.29) is 11.5 Å². The van der Waals surface area contributed by atoms with Crippen molar-refractivity contribution in [1.82, 2.24) is 0 Å². The Morgan fingerprint density at radius 2 is 1.58 bits per heavy atom. The zero-order valence-corrected chi connectivity index (χ0v) is 9.27. The fourth-order valence-electron chi connectivity index (χ4n) is 0.970. The molecule has 0 bridgehead atoms. The zero-order chi connectivity index (χ0) is 10.2. The number of nitrogens with two attached hydrogens (primary N) is 1. The molecule has 0 saturated heterocycles. The lowest BCUT2D eigenvalue weighted by atomic mass is 9.86. The third-order valence-corrected chi connectivity index (χ3v) is 3.82. The summed E-state index contributed by atoms with van der Waals surface area (Å²) >= 11 is 0. The molecule has 0 aromatic carbocycles. The Morgan fingerprint density at radius 3 is 1.67 bits per heavy atom. The summed E-state index contributed by atoms with van der Waals surface area (Å²) in [6.07, 6.45) is 1.23. The molecule has 0 radical (unpaired) electrons. The largest absolute Gasteiger partial charge is 0.326 e. The maximum atomic E-state index is 11.1. The van der Waals surface area contributed by atoms with Gasteiger partial charge in [0.05, 0.1) is 5.25 Å². The molecule has 12 heavy (non-hydrogen) atoms. The Hall–Kier alpha value is -0.0900. The van der Waals surface area contributed by atoms with Crippen LogP contribution in [0.25, 0.3) is 0 Å². The summed E-state index contributed by atoms with van der Waals surface area (Å²) in [6, 6.07) is -0.313. The van der Waals surface area contributed by atoms with Gasteiger partial charge in [-0.3, -0.25) is 0 Å². The van der Waals surface area contributed by atoms with Crippen LogP contribution in [0.5, 0.6) is 0 Å². The molecule has 0 aliphatic carbocycles. The molecule has 0 aromatic rings. The van der Waals surface area contributed by atoms with E-state index in [4.69, 9.17) is 5.73 Å². The minimum atomic E-state index is -3.01. The topological polar surface area (TPSA) is 60.2 Å². The molecule has 2 N–H and O–H groups in total. The second-order valence-corrected chi connectivity index (χ2v) is 6.83. The second-order valence-electron chi connectivity index (χ2n) is 4.43. The van der Waals surface area contributed by atoms with E-state index in [1.54, 1.807) is 6.92 Å². The van der Waals surface area contributed by atoms with Gasteiger partial charge in [0.1, 0.15) is 0 Å². The predicted molar refractivity (Wildman–Crippen MR) is 51.7 cm³/mol. The molecule has 0 heterocycles. The van der Waals surface area contributed by atoms with E-state index >= 15 is 0 Å². The van der Waals surface area contributed by atoms with E-state index in [1.165, 1.54) is 6.26 Å². The lowest BCUT2D eigenvalue weighted by Gasteiger charge is -2.30. The molecular weight excluding hydrogens is 174 g/mol. The molecule has 0 amide bonds. The van der Waals surface area contributed by atoms with Crippen molar-refractivity contribution in [2.24, 2.45) is 11.1 Å². The third kappa shape index (κ3) is 3.11. The molecular formula is C8H19NO2S. The maximum Gasteiger partial charge on any atom is 0.151 e. The van der Waals surface area contributed by atoms with Crippen LogP contribution in [0.15, 0.2) is 0 Å². The van der Waals surface area contributed by atoms with Crippen molar-refractivity contribution in [2.75, 3.05) is 6.26 Å². The van der Waals surface area contributed by atoms with E-state index in [0.29, 0.717) is 0 Å². The average Bonchev–Trinajstić information content (AvgIpc) is 1.80. The van der Waals surface area contributed by atoms with Crippen LogP contribution in [0.3, 0.4) is 0 Å². The van der Waals surface area contributed by atoms with Gasteiger partial charge in [-0.25, -0.2) is 8.42 Å². The fourth-order valence-corrected chi connectivity index (χ4v) is 1.91. The highest BCUT2D eigenvalue weighted by atomic mass is 32.2. The molecule has 3 nitrogen and oxygen atoms in total. The van der Waals surface area contributed by atoms with E-state index in [0.717, 1.165) is 0 Å². The monoisotopic (exact) mass is 193 g/mol. The van der Waals surface area contributed by atoms with Gasteiger partial charge < -0.3 is 5.73 Å². The van der Waals surface area contributed by atoms with Gasteiger partial charge in [-0.1, -0.05) is 20.8 Å². The number of rotatable bonds is 2. The molecule has 74 valence electrons. The van der Waals surface area contributed by atoms with Crippen molar-refractivity contribution in [3.05, 3.63) is 0 Å². The standard InChI is InChI=1S/C8H19NO2S/c1-6(12(5,10)11)7(9)8(2,3)4/h6-7H,9H2,1-5H3/t6-,7-/m1/s1. The first kappa shape index (κ1) is 11.9. The highest BCUT2D eigenvalue weighted by Crippen LogP contribution is 2.22. The number of hydrogen-bond donors (Lipinski definition) is 1. The summed E-state index contributed by atoms with van der Waals surface area (Å²) in [7, 11) is -3.01. The van der Waals surface area contributed by atoms with Crippen molar-refractivity contribution >= 4 is 9.84 Å². The van der Waals surface area contributed by atoms with Crippen LogP contribution in [0.2, 0.25) is 0 Å². The zero-order valence-electron chi connectivity index (χ0n) is 8.46. The van der Waals surface area contributed by atoms with E-state index < -0.39 is 15.1 Å². The molecule has 0 aliphatic heterocycles. The fraction of sp³-hybridized carbons (Fsp3) is 1.00. The first-order valence-electron chi connectivity index (χ1n) is 4.01. The van der Waals surface area contributed by atoms with Crippen LogP contribution >= 0.6 is 0 Å². The Bertz CT molecular complexity index is 238. The Kier molecular flexibility index (Phi) is 3.32. The van der Waals surface area contributed by atoms with Gasteiger partial charge in [0.15, 0.2) is 9.84 Å². The van der Waals surface area contributed by atoms with Crippen molar-refractivity contribution in [1.29, 1.82) is 0 Å². The van der Waals surface area contributed by atoms with Crippen LogP contribution in [-0.4, -0.2) is 26.0 Å². The lowest BCUT2D eigenvalue weighted by Crippen LogP contribution is -2.46. The molecule has 2 atom stereocenters. The van der Waals surface area contributed by atoms with Crippen LogP contribution in [0.4, 0.5) is 0 Å². The summed E-state index contributed by atoms with van der Waals surface area (Å²) in [5.41, 5.74) is 5.64. The third-order valence-electron chi connectivity index (χ3n) is 2.18. The summed E-state index contributed by atoms with van der Waals surface area (Å²) in [5.74, 6) is 0. The summed E-state index contributed by atoms with van der Waals surface area (Å²) in [4.78, 5) is 0. The van der Waals surface area contributed by atoms with Crippen LogP contribution in [0.1, 0.15) is 27.7 Å². The Balaban J connectivity index is 4.64. The maximum absolute atomic E-state index is 11.1. The molecule has 0 aliphatic rings. The normalized spacial score (nSPS) is 18.8. The first-order valence-corrected chi connectivity index (χ1v) is 5.96. The second kappa shape index (κ2) is 3.34. The Labute approximate surface area is 75.3 Å². The molecule has 0 spiro atoms. The van der Waals surface area contributed by atoms with E-state index in [9.17, 15) is 8.42 Å². The highest BCUT2D eigenvalue weighted by molar-refractivity contribution is 7.91. The minimum Gasteiger partial charge on any atom is -0.326 e. The average molecular weight is 193 g/mol. The summed E-state index contributed by atoms with van der Waals surface area (Å²) < 4.78 is 22.3. The SMILES string of the molecule is C[C@H]([C@@H](N)C(C)(C)C)S(C)(=O)=O. The van der Waals surface area contributed by atoms with Gasteiger partial charge in [0.2, 0.25) is 0 Å². The van der Waals surface area contributed by atoms with Gasteiger partial charge in [0.25, 0.3) is 0 Å². The van der Waals surface area contributed by atoms with E-state index in [2.05, 4.69) is 0 Å². The number of hydrogen-bond acceptors (Lipinski definition) is 3. The van der Waals surface area contributed by atoms with Gasteiger partial charge in [-0.05, 0) is 12.3 Å². The van der Waals surface area contributed by atoms with Crippen molar-refractivity contribution in [3.8, 4) is 0 Å². The van der Waals surface area contributed by atoms with E-state index in [1.807, 2.05) is 20.8 Å². The molecule has 0 aromatic heterocycles. The van der Waals surface area contributed by atoms with Gasteiger partial charge in [0, 0.05) is 12.3 Å². The van der Waals surface area contributed by atoms with Gasteiger partial charge in [-0.15, -0.1) is 0 Å². The predicted octanol–water partition coefficient (Wildman–Crippen LogP) is 0.793. The van der Waals surface area contributed by atoms with Crippen molar-refractivity contribution in [2.45, 2.75) is 39.0 Å². The van der Waals surface area contributed by atoms with Crippen molar-refractivity contribution < 1.29 is 8.42 Å². The smallest absolute Gasteiger partial charge is 0.151 e. The van der Waals surface area contributed by atoms with Crippen LogP contribution < -0.4 is 5.73 Å². The molecule has 0 fully saturated rings. The molecule has 0 saturated carbocycles. The minimum absolute atomic E-state index is 0.164. The first-order chi connectivity index (χ1) is 5.07. The van der Waals surface area contributed by atoms with Gasteiger partial charge >= 0.3 is 0 Å². The quantitative estimate of drug-likeness (QED) is 0.705. The number of sulfone groups is 1. The lowest BCUT2D eigenvalue weighted by molar-refractivity contribution is 0.314. The molecule has 0 unspecified atom stereocenters. The highest BCUT2D eigenvalue weighted by Gasteiger charge is 2.31. The summed E-state index contributed by atoms with van der Waals surface area (Å²) in [5, 5.41) is -0.475. The molecule has 4 heteroatoms. The van der Waals surface area contributed by atoms with Crippen molar-refractivity contribution in [3.63, 3.8) is 0 Å². The van der Waals surface area contributed by atoms with Gasteiger partial charge in [-0.2, -0.15) is 0 Å².